The van der Waals surface area contributed by atoms with Gasteiger partial charge < -0.3 is 9.47 Å². The van der Waals surface area contributed by atoms with Gasteiger partial charge in [-0.3, -0.25) is 0 Å². The molecule has 1 aromatic heterocycles. The second-order valence-electron chi connectivity index (χ2n) is 28.3. The van der Waals surface area contributed by atoms with Gasteiger partial charge in [-0.2, -0.15) is 0 Å². The lowest BCUT2D eigenvalue weighted by Gasteiger charge is -2.43. The van der Waals surface area contributed by atoms with Crippen LogP contribution in [0.2, 0.25) is 5.02 Å². The molecule has 3 heterocycles. The molecule has 2 aliphatic rings. The molecule has 11 aromatic carbocycles. The van der Waals surface area contributed by atoms with Crippen LogP contribution in [-0.2, 0) is 21.7 Å². The third kappa shape index (κ3) is 9.33. The van der Waals surface area contributed by atoms with Crippen molar-refractivity contribution in [3.05, 3.63) is 258 Å². The van der Waals surface area contributed by atoms with E-state index >= 15 is 0 Å². The summed E-state index contributed by atoms with van der Waals surface area (Å²) >= 11 is 7.96. The minimum absolute atomic E-state index is 0.0540. The molecule has 2 aliphatic heterocycles. The molecule has 0 unspecified atom stereocenters. The molecule has 0 saturated heterocycles. The molecule has 0 aliphatic carbocycles. The van der Waals surface area contributed by atoms with Gasteiger partial charge >= 0.3 is 0 Å². The van der Waals surface area contributed by atoms with E-state index in [0.29, 0.717) is 5.02 Å². The van der Waals surface area contributed by atoms with Crippen molar-refractivity contribution in [2.75, 3.05) is 4.90 Å². The molecule has 86 heavy (non-hydrogen) atoms. The predicted molar refractivity (Wildman–Crippen MR) is 374 cm³/mol. The van der Waals surface area contributed by atoms with E-state index in [4.69, 9.17) is 11.6 Å². The molecule has 0 bridgehead atoms. The van der Waals surface area contributed by atoms with Crippen LogP contribution in [0.5, 0.6) is 0 Å². The van der Waals surface area contributed by atoms with Gasteiger partial charge in [-0.05, 0) is 158 Å². The van der Waals surface area contributed by atoms with Crippen LogP contribution in [0.3, 0.4) is 0 Å². The summed E-state index contributed by atoms with van der Waals surface area (Å²) in [6, 6.07) is 87.8. The lowest BCUT2D eigenvalue weighted by Crippen LogP contribution is -2.60. The Morgan fingerprint density at radius 2 is 0.767 bits per heavy atom. The van der Waals surface area contributed by atoms with E-state index < -0.39 is 0 Å². The monoisotopic (exact) mass is 1130 g/mol. The van der Waals surface area contributed by atoms with Gasteiger partial charge in [0.2, 0.25) is 0 Å². The van der Waals surface area contributed by atoms with Crippen LogP contribution in [-0.4, -0.2) is 11.3 Å². The van der Waals surface area contributed by atoms with E-state index in [2.05, 4.69) is 323 Å². The average molecular weight is 1130 g/mol. The molecule has 0 N–H and O–H groups in total. The Morgan fingerprint density at radius 3 is 1.34 bits per heavy atom. The first kappa shape index (κ1) is 55.3. The molecule has 422 valence electrons. The highest BCUT2D eigenvalue weighted by molar-refractivity contribution is 7.00. The van der Waals surface area contributed by atoms with Gasteiger partial charge in [-0.15, -0.1) is 0 Å². The average Bonchev–Trinajstić information content (AvgIpc) is 0.908. The first-order chi connectivity index (χ1) is 41.1. The Bertz CT molecular complexity index is 4710. The van der Waals surface area contributed by atoms with Crippen LogP contribution >= 0.6 is 11.6 Å². The Labute approximate surface area is 514 Å². The zero-order valence-corrected chi connectivity index (χ0v) is 52.5. The van der Waals surface area contributed by atoms with Gasteiger partial charge in [0.1, 0.15) is 0 Å². The minimum atomic E-state index is -0.226. The van der Waals surface area contributed by atoms with Crippen molar-refractivity contribution >= 4 is 95.1 Å². The van der Waals surface area contributed by atoms with Gasteiger partial charge in [0.15, 0.2) is 0 Å². The molecule has 0 atom stereocenters. The number of hydrogen-bond donors (Lipinski definition) is 0. The van der Waals surface area contributed by atoms with Crippen molar-refractivity contribution < 1.29 is 0 Å². The number of hydrogen-bond acceptors (Lipinski definition) is 1. The molecule has 0 amide bonds. The van der Waals surface area contributed by atoms with Crippen molar-refractivity contribution in [1.29, 1.82) is 0 Å². The van der Waals surface area contributed by atoms with Crippen LogP contribution in [0.15, 0.2) is 231 Å². The van der Waals surface area contributed by atoms with Crippen molar-refractivity contribution in [3.8, 4) is 50.2 Å². The molecule has 12 aromatic rings. The van der Waals surface area contributed by atoms with Crippen LogP contribution < -0.4 is 21.3 Å². The quantitative estimate of drug-likeness (QED) is 0.156. The van der Waals surface area contributed by atoms with Crippen LogP contribution in [0, 0.1) is 0 Å². The van der Waals surface area contributed by atoms with Gasteiger partial charge in [-0.25, -0.2) is 0 Å². The highest BCUT2D eigenvalue weighted by atomic mass is 35.5. The van der Waals surface area contributed by atoms with Crippen molar-refractivity contribution in [2.24, 2.45) is 0 Å². The van der Waals surface area contributed by atoms with Crippen LogP contribution in [0.25, 0.3) is 93.5 Å². The third-order valence-electron chi connectivity index (χ3n) is 18.4. The lowest BCUT2D eigenvalue weighted by atomic mass is 9.33. The Morgan fingerprint density at radius 1 is 0.314 bits per heavy atom. The number of halogens is 1. The molecular weight excluding hydrogens is 1060 g/mol. The van der Waals surface area contributed by atoms with E-state index in [-0.39, 0.29) is 28.4 Å². The van der Waals surface area contributed by atoms with Crippen molar-refractivity contribution in [1.82, 2.24) is 4.57 Å². The third-order valence-corrected chi connectivity index (χ3v) is 18.6. The maximum atomic E-state index is 7.96. The summed E-state index contributed by atoms with van der Waals surface area (Å²) in [5.74, 6) is 0. The smallest absolute Gasteiger partial charge is 0.252 e. The Balaban J connectivity index is 1.22. The normalized spacial score (nSPS) is 13.1. The van der Waals surface area contributed by atoms with Gasteiger partial charge in [0.25, 0.3) is 6.71 Å². The number of aromatic nitrogens is 1. The maximum Gasteiger partial charge on any atom is 0.252 e. The molecule has 0 spiro atoms. The highest BCUT2D eigenvalue weighted by Gasteiger charge is 2.44. The molecular formula is C82H74BClN2. The molecule has 0 radical (unpaired) electrons. The SMILES string of the molecule is CC(C)(C)c1cccc(-c2cc3c4c(c2)c2ccccc2c2ccccc2c2ccccc2n4-c2cc(Cl)cc4c2B3c2ccc(-c3cc(C(C)(C)C)cc(C(C)(C)C)c3)cc2N4c2c(-c3ccccc3)cc(C(C)(C)C)cc2-c2ccccc2)c1. The topological polar surface area (TPSA) is 8.17 Å². The maximum absolute atomic E-state index is 7.96. The first-order valence-corrected chi connectivity index (χ1v) is 31.1. The van der Waals surface area contributed by atoms with Crippen LogP contribution in [0.1, 0.15) is 105 Å². The number of benzene rings is 11. The number of para-hydroxylation sites is 1. The number of rotatable bonds is 5. The second-order valence-corrected chi connectivity index (χ2v) is 28.8. The summed E-state index contributed by atoms with van der Waals surface area (Å²) in [7, 11) is 0. The van der Waals surface area contributed by atoms with E-state index in [1.165, 1.54) is 93.3 Å². The number of fused-ring (bicyclic) bond motifs is 11. The standard InChI is InChI=1S/C82H74BClN2/c1-79(2,3)57-31-25-30-53(40-57)56-43-69-65-35-22-20-33-63(65)62-32-19-21-34-64(62)66-36-23-24-37-72(66)85-74-49-61(84)50-75-76(74)83(71(44-56)78(69)85)70-39-38-54(55-41-58(80(4,5)6)46-59(42-55)81(7,8)9)45-73(70)86(75)77-67(51-26-15-13-16-27-51)47-60(82(10,11)12)48-68(77)52-28-17-14-18-29-52/h13-50H,1-12H3. The Hall–Kier alpha value is -8.63. The first-order valence-electron chi connectivity index (χ1n) is 30.7. The largest absolute Gasteiger partial charge is 0.310 e. The predicted octanol–water partition coefficient (Wildman–Crippen LogP) is 21.3. The fourth-order valence-electron chi connectivity index (χ4n) is 13.7. The van der Waals surface area contributed by atoms with E-state index in [1.54, 1.807) is 0 Å². The molecule has 0 fully saturated rings. The fourth-order valence-corrected chi connectivity index (χ4v) is 14.0. The number of nitrogens with zero attached hydrogens (tertiary/aromatic N) is 2. The van der Waals surface area contributed by atoms with Gasteiger partial charge in [-0.1, -0.05) is 283 Å². The summed E-state index contributed by atoms with van der Waals surface area (Å²) in [4.78, 5) is 2.63. The fraction of sp³-hybridized carbons (Fsp3) is 0.195. The Kier molecular flexibility index (Phi) is 13.0. The summed E-state index contributed by atoms with van der Waals surface area (Å²) in [5.41, 5.74) is 24.6. The van der Waals surface area contributed by atoms with Crippen molar-refractivity contribution in [3.63, 3.8) is 0 Å². The summed E-state index contributed by atoms with van der Waals surface area (Å²) in [6.07, 6.45) is 0. The van der Waals surface area contributed by atoms with Crippen molar-refractivity contribution in [2.45, 2.75) is 105 Å². The zero-order chi connectivity index (χ0) is 59.8. The van der Waals surface area contributed by atoms with E-state index in [9.17, 15) is 0 Å². The van der Waals surface area contributed by atoms with Gasteiger partial charge in [0.05, 0.1) is 11.2 Å². The molecule has 2 nitrogen and oxygen atoms in total. The summed E-state index contributed by atoms with van der Waals surface area (Å²) in [6.45, 7) is 27.8. The lowest BCUT2D eigenvalue weighted by molar-refractivity contribution is 0.569. The van der Waals surface area contributed by atoms with E-state index in [0.717, 1.165) is 55.9 Å². The molecule has 14 rings (SSSR count). The minimum Gasteiger partial charge on any atom is -0.310 e. The van der Waals surface area contributed by atoms with Crippen LogP contribution in [0.4, 0.5) is 17.1 Å². The highest BCUT2D eigenvalue weighted by Crippen LogP contribution is 2.52. The second kappa shape index (κ2) is 20.3. The number of anilines is 3. The summed E-state index contributed by atoms with van der Waals surface area (Å²) in [5, 5.41) is 7.78. The van der Waals surface area contributed by atoms with E-state index in [1.807, 2.05) is 0 Å². The summed E-state index contributed by atoms with van der Waals surface area (Å²) < 4.78 is 2.60. The molecule has 0 saturated carbocycles. The molecule has 4 heteroatoms. The van der Waals surface area contributed by atoms with Gasteiger partial charge in [0, 0.05) is 49.5 Å². The zero-order valence-electron chi connectivity index (χ0n) is 51.8.